The fourth-order valence-electron chi connectivity index (χ4n) is 3.28. The monoisotopic (exact) mass is 519 g/mol. The van der Waals surface area contributed by atoms with Gasteiger partial charge in [-0.15, -0.1) is 0 Å². The molecule has 0 spiro atoms. The van der Waals surface area contributed by atoms with Gasteiger partial charge in [0, 0.05) is 24.9 Å². The minimum Gasteiger partial charge on any atom is -0.458 e. The lowest BCUT2D eigenvalue weighted by atomic mass is 10.1. The Morgan fingerprint density at radius 1 is 0.917 bits per heavy atom. The number of carbonyl (C=O) groups is 3. The van der Waals surface area contributed by atoms with E-state index in [9.17, 15) is 22.8 Å². The summed E-state index contributed by atoms with van der Waals surface area (Å²) in [7, 11) is -4.20. The van der Waals surface area contributed by atoms with Crippen LogP contribution in [0, 0.1) is 0 Å². The van der Waals surface area contributed by atoms with Crippen LogP contribution >= 0.6 is 0 Å². The summed E-state index contributed by atoms with van der Waals surface area (Å²) in [5, 5.41) is 2.66. The standard InChI is InChI=1S/C25H33N3O7S/c1-4-7-20(8-5-2)35-25(31)22-14-11-19(17-27-22)24(30)28-36(32,33)21-12-9-18(10-13-21)23(29)26-15-16-34-6-3/h9-14,17,20H,4-8,15-16H2,1-3H3,(H,26,29)(H,28,30). The average molecular weight is 520 g/mol. The zero-order chi connectivity index (χ0) is 26.6. The Labute approximate surface area is 211 Å². The minimum atomic E-state index is -4.20. The Balaban J connectivity index is 2.00. The molecule has 2 N–H and O–H groups in total. The molecule has 0 aliphatic carbocycles. The maximum absolute atomic E-state index is 12.6. The number of nitrogens with zero attached hydrogens (tertiary/aromatic N) is 1. The fourth-order valence-corrected chi connectivity index (χ4v) is 4.25. The van der Waals surface area contributed by atoms with Gasteiger partial charge >= 0.3 is 5.97 Å². The highest BCUT2D eigenvalue weighted by molar-refractivity contribution is 7.90. The Kier molecular flexibility index (Phi) is 11.5. The van der Waals surface area contributed by atoms with Gasteiger partial charge in [0.2, 0.25) is 0 Å². The first-order chi connectivity index (χ1) is 17.2. The number of esters is 1. The molecule has 36 heavy (non-hydrogen) atoms. The van der Waals surface area contributed by atoms with Gasteiger partial charge < -0.3 is 14.8 Å². The normalized spacial score (nSPS) is 11.2. The molecule has 1 heterocycles. The number of nitrogens with one attached hydrogen (secondary N) is 2. The van der Waals surface area contributed by atoms with Crippen LogP contribution in [-0.4, -0.2) is 57.0 Å². The molecule has 196 valence electrons. The summed E-state index contributed by atoms with van der Waals surface area (Å²) in [6, 6.07) is 7.78. The third-order valence-corrected chi connectivity index (χ3v) is 6.47. The summed E-state index contributed by atoms with van der Waals surface area (Å²) in [6.07, 6.45) is 4.17. The number of benzene rings is 1. The molecule has 2 rings (SSSR count). The van der Waals surface area contributed by atoms with Crippen molar-refractivity contribution in [1.82, 2.24) is 15.0 Å². The quantitative estimate of drug-likeness (QED) is 0.287. The van der Waals surface area contributed by atoms with Gasteiger partial charge in [0.05, 0.1) is 17.1 Å². The Hall–Kier alpha value is -3.31. The summed E-state index contributed by atoms with van der Waals surface area (Å²) in [5.74, 6) is -1.87. The largest absolute Gasteiger partial charge is 0.458 e. The van der Waals surface area contributed by atoms with E-state index >= 15 is 0 Å². The van der Waals surface area contributed by atoms with E-state index in [1.165, 1.54) is 36.4 Å². The molecular weight excluding hydrogens is 486 g/mol. The highest BCUT2D eigenvalue weighted by Crippen LogP contribution is 2.14. The predicted molar refractivity (Wildman–Crippen MR) is 133 cm³/mol. The molecule has 0 aliphatic rings. The lowest BCUT2D eigenvalue weighted by molar-refractivity contribution is 0.0251. The van der Waals surface area contributed by atoms with Gasteiger partial charge in [0.1, 0.15) is 11.8 Å². The molecule has 0 bridgehead atoms. The summed E-state index contributed by atoms with van der Waals surface area (Å²) in [6.45, 7) is 7.10. The van der Waals surface area contributed by atoms with E-state index in [1.54, 1.807) is 0 Å². The molecule has 2 amide bonds. The third-order valence-electron chi connectivity index (χ3n) is 5.12. The molecule has 0 aliphatic heterocycles. The maximum Gasteiger partial charge on any atom is 0.357 e. The number of carbonyl (C=O) groups excluding carboxylic acids is 3. The van der Waals surface area contributed by atoms with Crippen molar-refractivity contribution in [1.29, 1.82) is 0 Å². The second-order valence-electron chi connectivity index (χ2n) is 7.95. The molecule has 2 aromatic rings. The van der Waals surface area contributed by atoms with Gasteiger partial charge in [-0.3, -0.25) is 9.59 Å². The van der Waals surface area contributed by atoms with Crippen LogP contribution in [0.1, 0.15) is 77.7 Å². The molecule has 10 nitrogen and oxygen atoms in total. The summed E-state index contributed by atoms with van der Waals surface area (Å²) in [5.41, 5.74) is 0.254. The van der Waals surface area contributed by atoms with E-state index in [-0.39, 0.29) is 33.7 Å². The first kappa shape index (κ1) is 28.9. The highest BCUT2D eigenvalue weighted by Gasteiger charge is 2.21. The number of sulfonamides is 1. The smallest absolute Gasteiger partial charge is 0.357 e. The Morgan fingerprint density at radius 3 is 2.11 bits per heavy atom. The Bertz CT molecular complexity index is 1110. The van der Waals surface area contributed by atoms with Gasteiger partial charge in [-0.25, -0.2) is 22.9 Å². The van der Waals surface area contributed by atoms with Gasteiger partial charge in [0.25, 0.3) is 21.8 Å². The number of aromatic nitrogens is 1. The molecule has 1 aromatic carbocycles. The van der Waals surface area contributed by atoms with Crippen molar-refractivity contribution in [3.8, 4) is 0 Å². The van der Waals surface area contributed by atoms with Crippen molar-refractivity contribution < 1.29 is 32.3 Å². The lowest BCUT2D eigenvalue weighted by Gasteiger charge is -2.16. The molecule has 1 aromatic heterocycles. The van der Waals surface area contributed by atoms with Crippen LogP contribution in [0.2, 0.25) is 0 Å². The van der Waals surface area contributed by atoms with Gasteiger partial charge in [-0.2, -0.15) is 0 Å². The maximum atomic E-state index is 12.6. The Morgan fingerprint density at radius 2 is 1.56 bits per heavy atom. The lowest BCUT2D eigenvalue weighted by Crippen LogP contribution is -2.31. The van der Waals surface area contributed by atoms with E-state index in [1.807, 2.05) is 25.5 Å². The number of ether oxygens (including phenoxy) is 2. The number of hydrogen-bond acceptors (Lipinski definition) is 8. The van der Waals surface area contributed by atoms with Crippen LogP contribution in [0.15, 0.2) is 47.5 Å². The van der Waals surface area contributed by atoms with Crippen molar-refractivity contribution in [2.24, 2.45) is 0 Å². The zero-order valence-electron chi connectivity index (χ0n) is 20.8. The molecule has 0 radical (unpaired) electrons. The first-order valence-electron chi connectivity index (χ1n) is 11.9. The minimum absolute atomic E-state index is 0.0294. The van der Waals surface area contributed by atoms with Crippen molar-refractivity contribution in [3.63, 3.8) is 0 Å². The molecule has 0 saturated heterocycles. The van der Waals surface area contributed by atoms with Crippen molar-refractivity contribution in [3.05, 3.63) is 59.4 Å². The fraction of sp³-hybridized carbons (Fsp3) is 0.440. The topological polar surface area (TPSA) is 141 Å². The van der Waals surface area contributed by atoms with E-state index in [4.69, 9.17) is 9.47 Å². The zero-order valence-corrected chi connectivity index (χ0v) is 21.6. The first-order valence-corrected chi connectivity index (χ1v) is 13.4. The van der Waals surface area contributed by atoms with Crippen molar-refractivity contribution >= 4 is 27.8 Å². The van der Waals surface area contributed by atoms with Crippen LogP contribution in [0.3, 0.4) is 0 Å². The number of amides is 2. The van der Waals surface area contributed by atoms with Crippen molar-refractivity contribution in [2.45, 2.75) is 57.5 Å². The van der Waals surface area contributed by atoms with Crippen LogP contribution in [0.25, 0.3) is 0 Å². The summed E-state index contributed by atoms with van der Waals surface area (Å²) in [4.78, 5) is 40.7. The van der Waals surface area contributed by atoms with Crippen LogP contribution < -0.4 is 10.0 Å². The van der Waals surface area contributed by atoms with Crippen molar-refractivity contribution in [2.75, 3.05) is 19.8 Å². The molecule has 0 saturated carbocycles. The van der Waals surface area contributed by atoms with Crippen LogP contribution in [0.5, 0.6) is 0 Å². The highest BCUT2D eigenvalue weighted by atomic mass is 32.2. The predicted octanol–water partition coefficient (Wildman–Crippen LogP) is 3.09. The number of rotatable bonds is 14. The van der Waals surface area contributed by atoms with E-state index < -0.39 is 21.9 Å². The van der Waals surface area contributed by atoms with Crippen LogP contribution in [0.4, 0.5) is 0 Å². The average Bonchev–Trinajstić information content (AvgIpc) is 2.86. The summed E-state index contributed by atoms with van der Waals surface area (Å²) >= 11 is 0. The molecule has 0 atom stereocenters. The molecule has 11 heteroatoms. The molecule has 0 fully saturated rings. The number of hydrogen-bond donors (Lipinski definition) is 2. The SMILES string of the molecule is CCCC(CCC)OC(=O)c1ccc(C(=O)NS(=O)(=O)c2ccc(C(=O)NCCOCC)cc2)cn1. The second kappa shape index (κ2) is 14.3. The van der Waals surface area contributed by atoms with Gasteiger partial charge in [-0.05, 0) is 56.2 Å². The van der Waals surface area contributed by atoms with E-state index in [0.717, 1.165) is 31.9 Å². The van der Waals surface area contributed by atoms with Crippen LogP contribution in [-0.2, 0) is 19.5 Å². The van der Waals surface area contributed by atoms with E-state index in [2.05, 4.69) is 10.3 Å². The van der Waals surface area contributed by atoms with Gasteiger partial charge in [-0.1, -0.05) is 26.7 Å². The third kappa shape index (κ3) is 8.72. The summed E-state index contributed by atoms with van der Waals surface area (Å²) < 4.78 is 37.8. The van der Waals surface area contributed by atoms with E-state index in [0.29, 0.717) is 19.8 Å². The number of pyridine rings is 1. The second-order valence-corrected chi connectivity index (χ2v) is 9.63. The molecule has 0 unspecified atom stereocenters. The van der Waals surface area contributed by atoms with Gasteiger partial charge in [0.15, 0.2) is 0 Å². The molecular formula is C25H33N3O7S.